The summed E-state index contributed by atoms with van der Waals surface area (Å²) < 4.78 is 42.8. The van der Waals surface area contributed by atoms with Gasteiger partial charge in [-0.05, 0) is 43.3 Å². The molecule has 0 unspecified atom stereocenters. The van der Waals surface area contributed by atoms with Crippen LogP contribution in [0.4, 0.5) is 24.5 Å². The number of nitrogens with zero attached hydrogens (tertiary/aromatic N) is 2. The fraction of sp³-hybridized carbons (Fsp3) is 0.222. The zero-order chi connectivity index (χ0) is 20.7. The van der Waals surface area contributed by atoms with Gasteiger partial charge in [-0.15, -0.1) is 5.10 Å². The van der Waals surface area contributed by atoms with Crippen molar-refractivity contribution in [2.45, 2.75) is 13.1 Å². The quantitative estimate of drug-likeness (QED) is 0.219. The summed E-state index contributed by atoms with van der Waals surface area (Å²) in [4.78, 5) is 11.4. The molecule has 0 spiro atoms. The van der Waals surface area contributed by atoms with Crippen molar-refractivity contribution in [1.29, 1.82) is 0 Å². The molecule has 0 saturated carbocycles. The van der Waals surface area contributed by atoms with E-state index in [2.05, 4.69) is 10.4 Å². The number of halogens is 3. The molecule has 0 aliphatic carbocycles. The predicted octanol–water partition coefficient (Wildman–Crippen LogP) is 2.81. The number of hydrazine groups is 1. The number of alkyl halides is 3. The highest BCUT2D eigenvalue weighted by Gasteiger charge is 2.29. The molecule has 5 N–H and O–H groups in total. The van der Waals surface area contributed by atoms with Crippen molar-refractivity contribution in [1.82, 2.24) is 5.12 Å². The van der Waals surface area contributed by atoms with E-state index in [1.807, 2.05) is 0 Å². The maximum atomic E-state index is 12.7. The second kappa shape index (κ2) is 9.09. The standard InChI is InChI=1S/C18H20F3N5O2/c1-2-28-16(27)11-26(23)25-17(22)14-5-3-4-6-15(14)24-13-9-7-12(8-10-13)18(19,20)21/h3-10,24H,2,11,23H2,1H3,(H2,22,25). The third-order valence-electron chi connectivity index (χ3n) is 3.53. The largest absolute Gasteiger partial charge is 0.465 e. The van der Waals surface area contributed by atoms with E-state index in [-0.39, 0.29) is 19.0 Å². The number of amidine groups is 1. The topological polar surface area (TPSA) is 106 Å². The van der Waals surface area contributed by atoms with Crippen LogP contribution in [-0.4, -0.2) is 30.1 Å². The lowest BCUT2D eigenvalue weighted by atomic mass is 10.1. The molecule has 0 radical (unpaired) electrons. The lowest BCUT2D eigenvalue weighted by molar-refractivity contribution is -0.144. The number of ether oxygens (including phenoxy) is 1. The molecule has 0 heterocycles. The van der Waals surface area contributed by atoms with Crippen LogP contribution in [0.25, 0.3) is 0 Å². The van der Waals surface area contributed by atoms with Gasteiger partial charge in [0.05, 0.1) is 12.2 Å². The fourth-order valence-corrected chi connectivity index (χ4v) is 2.28. The van der Waals surface area contributed by atoms with Gasteiger partial charge in [0.1, 0.15) is 0 Å². The van der Waals surface area contributed by atoms with Crippen LogP contribution in [0.1, 0.15) is 18.1 Å². The molecular weight excluding hydrogens is 375 g/mol. The predicted molar refractivity (Wildman–Crippen MR) is 99.4 cm³/mol. The minimum Gasteiger partial charge on any atom is -0.465 e. The third-order valence-corrected chi connectivity index (χ3v) is 3.53. The van der Waals surface area contributed by atoms with Crippen molar-refractivity contribution >= 4 is 23.2 Å². The molecular formula is C18H20F3N5O2. The van der Waals surface area contributed by atoms with Crippen LogP contribution in [-0.2, 0) is 15.7 Å². The van der Waals surface area contributed by atoms with E-state index in [1.54, 1.807) is 31.2 Å². The molecule has 0 amide bonds. The van der Waals surface area contributed by atoms with Crippen molar-refractivity contribution in [2.24, 2.45) is 16.7 Å². The van der Waals surface area contributed by atoms with Crippen LogP contribution in [0.3, 0.4) is 0 Å². The number of carbonyl (C=O) groups is 1. The number of anilines is 2. The van der Waals surface area contributed by atoms with Crippen LogP contribution < -0.4 is 16.9 Å². The number of rotatable bonds is 7. The first-order valence-corrected chi connectivity index (χ1v) is 8.26. The SMILES string of the molecule is CCOC(=O)CN(N)/N=C(\N)c1ccccc1Nc1ccc(C(F)(F)F)cc1. The molecule has 28 heavy (non-hydrogen) atoms. The highest BCUT2D eigenvalue weighted by Crippen LogP contribution is 2.30. The number of benzene rings is 2. The Balaban J connectivity index is 2.18. The van der Waals surface area contributed by atoms with Crippen molar-refractivity contribution in [2.75, 3.05) is 18.5 Å². The summed E-state index contributed by atoms with van der Waals surface area (Å²) in [5, 5.41) is 7.77. The Morgan fingerprint density at radius 1 is 1.18 bits per heavy atom. The van der Waals surface area contributed by atoms with Crippen molar-refractivity contribution in [3.05, 3.63) is 59.7 Å². The van der Waals surface area contributed by atoms with E-state index in [9.17, 15) is 18.0 Å². The Kier molecular flexibility index (Phi) is 6.83. The molecule has 0 aromatic heterocycles. The molecule has 2 rings (SSSR count). The zero-order valence-corrected chi connectivity index (χ0v) is 15.0. The number of hydrazone groups is 1. The van der Waals surface area contributed by atoms with Crippen LogP contribution in [0.15, 0.2) is 53.6 Å². The van der Waals surface area contributed by atoms with Crippen molar-refractivity contribution in [3.8, 4) is 0 Å². The van der Waals surface area contributed by atoms with Gasteiger partial charge in [-0.1, -0.05) is 12.1 Å². The summed E-state index contributed by atoms with van der Waals surface area (Å²) in [6.07, 6.45) is -4.41. The van der Waals surface area contributed by atoms with Gasteiger partial charge in [0.15, 0.2) is 12.4 Å². The highest BCUT2D eigenvalue weighted by molar-refractivity contribution is 6.02. The molecule has 0 saturated heterocycles. The molecule has 0 aliphatic rings. The summed E-state index contributed by atoms with van der Waals surface area (Å²) >= 11 is 0. The molecule has 0 bridgehead atoms. The lowest BCUT2D eigenvalue weighted by Gasteiger charge is -2.15. The third kappa shape index (κ3) is 5.88. The maximum absolute atomic E-state index is 12.7. The van der Waals surface area contributed by atoms with Crippen LogP contribution in [0.5, 0.6) is 0 Å². The van der Waals surface area contributed by atoms with E-state index in [0.29, 0.717) is 16.9 Å². The van der Waals surface area contributed by atoms with Gasteiger partial charge in [0.25, 0.3) is 0 Å². The van der Waals surface area contributed by atoms with Crippen LogP contribution in [0.2, 0.25) is 0 Å². The van der Waals surface area contributed by atoms with Crippen molar-refractivity contribution in [3.63, 3.8) is 0 Å². The highest BCUT2D eigenvalue weighted by atomic mass is 19.4. The van der Waals surface area contributed by atoms with Crippen molar-refractivity contribution < 1.29 is 22.7 Å². The minimum absolute atomic E-state index is 0.0156. The van der Waals surface area contributed by atoms with Gasteiger partial charge in [0, 0.05) is 16.9 Å². The number of hydrogen-bond acceptors (Lipinski definition) is 6. The van der Waals surface area contributed by atoms with Crippen LogP contribution in [0, 0.1) is 0 Å². The average molecular weight is 395 g/mol. The van der Waals surface area contributed by atoms with Gasteiger partial charge < -0.3 is 15.8 Å². The molecule has 150 valence electrons. The number of nitrogens with two attached hydrogens (primary N) is 2. The Morgan fingerprint density at radius 3 is 2.43 bits per heavy atom. The van der Waals surface area contributed by atoms with E-state index >= 15 is 0 Å². The summed E-state index contributed by atoms with van der Waals surface area (Å²) in [6, 6.07) is 11.3. The molecule has 7 nitrogen and oxygen atoms in total. The van der Waals surface area contributed by atoms with E-state index < -0.39 is 17.7 Å². The summed E-state index contributed by atoms with van der Waals surface area (Å²) in [5.74, 6) is 5.10. The van der Waals surface area contributed by atoms with Gasteiger partial charge in [-0.25, -0.2) is 15.8 Å². The molecule has 10 heteroatoms. The molecule has 2 aromatic rings. The first-order valence-electron chi connectivity index (χ1n) is 8.26. The summed E-state index contributed by atoms with van der Waals surface area (Å²) in [5.41, 5.74) is 6.63. The Bertz CT molecular complexity index is 838. The monoisotopic (exact) mass is 395 g/mol. The zero-order valence-electron chi connectivity index (χ0n) is 15.0. The van der Waals surface area contributed by atoms with E-state index in [0.717, 1.165) is 17.3 Å². The minimum atomic E-state index is -4.41. The van der Waals surface area contributed by atoms with E-state index in [1.165, 1.54) is 12.1 Å². The second-order valence-electron chi connectivity index (χ2n) is 5.63. The van der Waals surface area contributed by atoms with Crippen LogP contribution >= 0.6 is 0 Å². The summed E-state index contributed by atoms with van der Waals surface area (Å²) in [6.45, 7) is 1.59. The first-order chi connectivity index (χ1) is 13.2. The molecule has 0 aliphatic heterocycles. The number of para-hydroxylation sites is 1. The number of carbonyl (C=O) groups excluding carboxylic acids is 1. The Morgan fingerprint density at radius 2 is 1.82 bits per heavy atom. The van der Waals surface area contributed by atoms with Gasteiger partial charge in [0.2, 0.25) is 0 Å². The van der Waals surface area contributed by atoms with Gasteiger partial charge >= 0.3 is 12.1 Å². The fourth-order valence-electron chi connectivity index (χ4n) is 2.28. The van der Waals surface area contributed by atoms with Gasteiger partial charge in [-0.2, -0.15) is 13.2 Å². The first kappa shape index (κ1) is 21.0. The van der Waals surface area contributed by atoms with E-state index in [4.69, 9.17) is 16.3 Å². The maximum Gasteiger partial charge on any atom is 0.416 e. The average Bonchev–Trinajstić information content (AvgIpc) is 2.61. The number of nitrogens with one attached hydrogen (secondary N) is 1. The summed E-state index contributed by atoms with van der Waals surface area (Å²) in [7, 11) is 0. The molecule has 2 aromatic carbocycles. The molecule has 0 atom stereocenters. The van der Waals surface area contributed by atoms with Gasteiger partial charge in [-0.3, -0.25) is 0 Å². The Labute approximate surface area is 159 Å². The smallest absolute Gasteiger partial charge is 0.416 e. The Hall–Kier alpha value is -3.27. The molecule has 0 fully saturated rings. The second-order valence-corrected chi connectivity index (χ2v) is 5.63. The number of hydrogen-bond donors (Lipinski definition) is 3. The number of esters is 1. The lowest BCUT2D eigenvalue weighted by Crippen LogP contribution is -2.35. The normalized spacial score (nSPS) is 11.8.